The van der Waals surface area contributed by atoms with Crippen LogP contribution in [-0.4, -0.2) is 70.3 Å². The van der Waals surface area contributed by atoms with Crippen molar-refractivity contribution in [2.24, 2.45) is 0 Å². The van der Waals surface area contributed by atoms with Gasteiger partial charge in [0.2, 0.25) is 11.8 Å². The maximum atomic E-state index is 13.9. The number of para-hydroxylation sites is 2. The third-order valence-corrected chi connectivity index (χ3v) is 10.7. The molecular weight excluding hydrogens is 773 g/mol. The SMILES string of the molecule is CC[C@H](NC(=O)OCc1ccc2ccccc2n1)C(=O)N[C@@H](Cc1ccccc1)[C@@H]1O[C@@H]1[C@H](Cc1ccccc1)NC(=O)[C@H](CC)NC(=O)OCc1ccc2ccccc2n1. The number of benzene rings is 4. The molecular formula is C48H50N6O7. The highest BCUT2D eigenvalue weighted by Gasteiger charge is 2.51. The van der Waals surface area contributed by atoms with Crippen molar-refractivity contribution >= 4 is 45.8 Å². The maximum absolute atomic E-state index is 13.9. The van der Waals surface area contributed by atoms with Crippen LogP contribution in [-0.2, 0) is 49.9 Å². The van der Waals surface area contributed by atoms with Gasteiger partial charge in [0.05, 0.1) is 34.5 Å². The van der Waals surface area contributed by atoms with Gasteiger partial charge in [0.15, 0.2) is 0 Å². The quantitative estimate of drug-likeness (QED) is 0.0687. The Hall–Kier alpha value is -6.86. The number of ether oxygens (including phenoxy) is 3. The minimum atomic E-state index is -0.888. The normalized spacial score (nSPS) is 16.4. The number of aromatic nitrogens is 2. The predicted octanol–water partition coefficient (Wildman–Crippen LogP) is 6.72. The molecule has 2 aromatic heterocycles. The van der Waals surface area contributed by atoms with E-state index in [1.165, 1.54) is 0 Å². The average Bonchev–Trinajstić information content (AvgIpc) is 4.10. The van der Waals surface area contributed by atoms with Gasteiger partial charge in [-0.2, -0.15) is 0 Å². The van der Waals surface area contributed by atoms with E-state index in [0.717, 1.165) is 32.9 Å². The minimum absolute atomic E-state index is 0.0597. The lowest BCUT2D eigenvalue weighted by Crippen LogP contribution is -2.54. The average molecular weight is 823 g/mol. The Morgan fingerprint density at radius 1 is 0.525 bits per heavy atom. The molecule has 4 N–H and O–H groups in total. The molecule has 3 heterocycles. The van der Waals surface area contributed by atoms with Crippen molar-refractivity contribution in [3.63, 3.8) is 0 Å². The molecule has 314 valence electrons. The number of nitrogens with zero attached hydrogens (tertiary/aromatic N) is 2. The zero-order valence-electron chi connectivity index (χ0n) is 34.2. The lowest BCUT2D eigenvalue weighted by atomic mass is 9.95. The number of carbonyl (C=O) groups is 4. The molecule has 13 nitrogen and oxygen atoms in total. The summed E-state index contributed by atoms with van der Waals surface area (Å²) < 4.78 is 17.3. The largest absolute Gasteiger partial charge is 0.443 e. The first-order valence-electron chi connectivity index (χ1n) is 20.7. The van der Waals surface area contributed by atoms with Gasteiger partial charge < -0.3 is 35.5 Å². The summed E-state index contributed by atoms with van der Waals surface area (Å²) in [6.45, 7) is 3.49. The van der Waals surface area contributed by atoms with Gasteiger partial charge in [-0.05, 0) is 61.1 Å². The molecule has 0 saturated carbocycles. The van der Waals surface area contributed by atoms with Crippen molar-refractivity contribution in [1.29, 1.82) is 0 Å². The molecule has 0 radical (unpaired) electrons. The van der Waals surface area contributed by atoms with Gasteiger partial charge in [-0.15, -0.1) is 0 Å². The maximum Gasteiger partial charge on any atom is 0.408 e. The third kappa shape index (κ3) is 11.7. The Kier molecular flexibility index (Phi) is 14.1. The van der Waals surface area contributed by atoms with E-state index in [9.17, 15) is 19.2 Å². The molecule has 0 aliphatic carbocycles. The number of fused-ring (bicyclic) bond motifs is 2. The Morgan fingerprint density at radius 3 is 1.33 bits per heavy atom. The van der Waals surface area contributed by atoms with Gasteiger partial charge >= 0.3 is 12.2 Å². The molecule has 4 amide bonds. The fourth-order valence-corrected chi connectivity index (χ4v) is 7.32. The number of carbonyl (C=O) groups excluding carboxylic acids is 4. The van der Waals surface area contributed by atoms with Gasteiger partial charge in [0, 0.05) is 10.8 Å². The lowest BCUT2D eigenvalue weighted by molar-refractivity contribution is -0.124. The zero-order valence-corrected chi connectivity index (χ0v) is 34.2. The Bertz CT molecular complexity index is 2270. The second kappa shape index (κ2) is 20.4. The Morgan fingerprint density at radius 2 is 0.918 bits per heavy atom. The van der Waals surface area contributed by atoms with Crippen LogP contribution in [0, 0.1) is 0 Å². The fraction of sp³-hybridized carbons (Fsp3) is 0.292. The molecule has 1 aliphatic heterocycles. The van der Waals surface area contributed by atoms with Crippen molar-refractivity contribution in [2.75, 3.05) is 0 Å². The highest BCUT2D eigenvalue weighted by Crippen LogP contribution is 2.32. The van der Waals surface area contributed by atoms with Crippen molar-refractivity contribution in [3.8, 4) is 0 Å². The van der Waals surface area contributed by atoms with E-state index < -0.39 is 60.4 Å². The van der Waals surface area contributed by atoms with Crippen LogP contribution in [0.25, 0.3) is 21.8 Å². The van der Waals surface area contributed by atoms with E-state index in [1.54, 1.807) is 26.0 Å². The summed E-state index contributed by atoms with van der Waals surface area (Å²) in [5, 5.41) is 13.6. The van der Waals surface area contributed by atoms with Crippen LogP contribution >= 0.6 is 0 Å². The molecule has 6 atom stereocenters. The van der Waals surface area contributed by atoms with Crippen LogP contribution in [0.15, 0.2) is 133 Å². The van der Waals surface area contributed by atoms with E-state index in [2.05, 4.69) is 31.2 Å². The number of hydrogen-bond acceptors (Lipinski definition) is 9. The molecule has 6 aromatic rings. The second-order valence-electron chi connectivity index (χ2n) is 15.0. The first-order chi connectivity index (χ1) is 29.8. The number of amides is 4. The van der Waals surface area contributed by atoms with E-state index in [4.69, 9.17) is 14.2 Å². The topological polar surface area (TPSA) is 173 Å². The molecule has 1 saturated heterocycles. The van der Waals surface area contributed by atoms with Crippen LogP contribution < -0.4 is 21.3 Å². The van der Waals surface area contributed by atoms with Crippen LogP contribution in [0.1, 0.15) is 49.2 Å². The molecule has 0 bridgehead atoms. The van der Waals surface area contributed by atoms with Gasteiger partial charge in [0.25, 0.3) is 0 Å². The summed E-state index contributed by atoms with van der Waals surface area (Å²) >= 11 is 0. The monoisotopic (exact) mass is 822 g/mol. The van der Waals surface area contributed by atoms with E-state index in [0.29, 0.717) is 37.1 Å². The first kappa shape index (κ1) is 42.3. The van der Waals surface area contributed by atoms with Crippen LogP contribution in [0.5, 0.6) is 0 Å². The summed E-state index contributed by atoms with van der Waals surface area (Å²) in [6.07, 6.45) is -0.949. The first-order valence-corrected chi connectivity index (χ1v) is 20.7. The van der Waals surface area contributed by atoms with Gasteiger partial charge in [0.1, 0.15) is 37.5 Å². The molecule has 61 heavy (non-hydrogen) atoms. The van der Waals surface area contributed by atoms with Crippen molar-refractivity contribution in [2.45, 2.75) is 89.1 Å². The Labute approximate surface area is 354 Å². The van der Waals surface area contributed by atoms with E-state index >= 15 is 0 Å². The summed E-state index contributed by atoms with van der Waals surface area (Å²) in [5.41, 5.74) is 4.69. The van der Waals surface area contributed by atoms with Crippen molar-refractivity contribution in [1.82, 2.24) is 31.2 Å². The fourth-order valence-electron chi connectivity index (χ4n) is 7.32. The third-order valence-electron chi connectivity index (χ3n) is 10.7. The molecule has 7 rings (SSSR count). The summed E-state index contributed by atoms with van der Waals surface area (Å²) in [6, 6.07) is 39.4. The van der Waals surface area contributed by atoms with Crippen LogP contribution in [0.4, 0.5) is 9.59 Å². The molecule has 13 heteroatoms. The number of nitrogens with one attached hydrogen (secondary N) is 4. The number of hydrogen-bond donors (Lipinski definition) is 4. The molecule has 1 aliphatic rings. The number of epoxide rings is 1. The number of alkyl carbamates (subject to hydrolysis) is 2. The standard InChI is InChI=1S/C48H50N6O7/c1-3-37(53-47(57)59-29-35-25-23-33-19-11-13-21-39(33)49-35)45(55)51-41(27-31-15-7-5-8-16-31)43-44(61-43)42(28-32-17-9-6-10-18-32)52-46(56)38(4-2)54-48(58)60-30-36-26-24-34-20-12-14-22-40(34)50-36/h5-26,37-38,41-44H,3-4,27-30H2,1-2H3,(H,51,55)(H,52,56)(H,53,57)(H,54,58)/t37-,38-,41-,42-,43-,44+/m0/s1. The zero-order chi connectivity index (χ0) is 42.6. The van der Waals surface area contributed by atoms with Crippen LogP contribution in [0.3, 0.4) is 0 Å². The van der Waals surface area contributed by atoms with Gasteiger partial charge in [-0.1, -0.05) is 123 Å². The molecule has 4 aromatic carbocycles. The number of rotatable bonds is 18. The van der Waals surface area contributed by atoms with Crippen molar-refractivity contribution < 1.29 is 33.4 Å². The predicted molar refractivity (Wildman–Crippen MR) is 231 cm³/mol. The summed E-state index contributed by atoms with van der Waals surface area (Å²) in [7, 11) is 0. The van der Waals surface area contributed by atoms with Gasteiger partial charge in [-0.3, -0.25) is 9.59 Å². The van der Waals surface area contributed by atoms with E-state index in [1.807, 2.05) is 121 Å². The number of pyridine rings is 2. The highest BCUT2D eigenvalue weighted by atomic mass is 16.6. The lowest BCUT2D eigenvalue weighted by Gasteiger charge is -2.24. The highest BCUT2D eigenvalue weighted by molar-refractivity contribution is 5.87. The molecule has 0 unspecified atom stereocenters. The van der Waals surface area contributed by atoms with Crippen molar-refractivity contribution in [3.05, 3.63) is 156 Å². The summed E-state index contributed by atoms with van der Waals surface area (Å²) in [4.78, 5) is 62.7. The van der Waals surface area contributed by atoms with Gasteiger partial charge in [-0.25, -0.2) is 19.6 Å². The minimum Gasteiger partial charge on any atom is -0.443 e. The Balaban J connectivity index is 0.994. The molecule has 1 fully saturated rings. The summed E-state index contributed by atoms with van der Waals surface area (Å²) in [5.74, 6) is -0.787. The smallest absolute Gasteiger partial charge is 0.408 e. The van der Waals surface area contributed by atoms with Crippen LogP contribution in [0.2, 0.25) is 0 Å². The molecule has 0 spiro atoms. The van der Waals surface area contributed by atoms with E-state index in [-0.39, 0.29) is 13.2 Å². The second-order valence-corrected chi connectivity index (χ2v) is 15.0.